The van der Waals surface area contributed by atoms with Gasteiger partial charge in [0.15, 0.2) is 0 Å². The summed E-state index contributed by atoms with van der Waals surface area (Å²) in [6.07, 6.45) is 7.81. The van der Waals surface area contributed by atoms with E-state index in [1.54, 1.807) is 0 Å². The van der Waals surface area contributed by atoms with Crippen molar-refractivity contribution in [2.45, 2.75) is 37.6 Å². The predicted molar refractivity (Wildman–Crippen MR) is 67.0 cm³/mol. The van der Waals surface area contributed by atoms with Crippen LogP contribution in [0.15, 0.2) is 19.0 Å². The maximum Gasteiger partial charge on any atom is 0.245 e. The van der Waals surface area contributed by atoms with Gasteiger partial charge in [-0.1, -0.05) is 6.58 Å². The van der Waals surface area contributed by atoms with E-state index >= 15 is 0 Å². The molecule has 2 heterocycles. The van der Waals surface area contributed by atoms with Gasteiger partial charge in [0.05, 0.1) is 0 Å². The van der Waals surface area contributed by atoms with Crippen LogP contribution < -0.4 is 0 Å². The highest BCUT2D eigenvalue weighted by atomic mass is 16.2. The van der Waals surface area contributed by atoms with Crippen molar-refractivity contribution in [1.82, 2.24) is 19.7 Å². The van der Waals surface area contributed by atoms with Gasteiger partial charge in [0.25, 0.3) is 0 Å². The van der Waals surface area contributed by atoms with Crippen molar-refractivity contribution in [2.75, 3.05) is 13.1 Å². The molecule has 2 aliphatic rings. The standard InChI is InChI=1S/C13H18N4O/c1-2-12(18)16-7-3-4-10(8-16)13-15-14-9-17(13)11-5-6-11/h2,9-11H,1,3-8H2. The topological polar surface area (TPSA) is 51.0 Å². The van der Waals surface area contributed by atoms with E-state index in [2.05, 4.69) is 21.3 Å². The van der Waals surface area contributed by atoms with Crippen molar-refractivity contribution in [2.24, 2.45) is 0 Å². The number of piperidine rings is 1. The molecule has 3 rings (SSSR count). The third kappa shape index (κ3) is 2.05. The molecule has 1 saturated heterocycles. The number of carbonyl (C=O) groups excluding carboxylic acids is 1. The van der Waals surface area contributed by atoms with Crippen molar-refractivity contribution < 1.29 is 4.79 Å². The first-order valence-electron chi connectivity index (χ1n) is 6.60. The molecule has 2 fully saturated rings. The van der Waals surface area contributed by atoms with E-state index < -0.39 is 0 Å². The molecule has 5 nitrogen and oxygen atoms in total. The van der Waals surface area contributed by atoms with Crippen LogP contribution in [0.3, 0.4) is 0 Å². The van der Waals surface area contributed by atoms with Gasteiger partial charge in [-0.05, 0) is 31.8 Å². The zero-order valence-corrected chi connectivity index (χ0v) is 10.5. The number of amides is 1. The highest BCUT2D eigenvalue weighted by Gasteiger charge is 2.31. The van der Waals surface area contributed by atoms with E-state index in [9.17, 15) is 4.79 Å². The summed E-state index contributed by atoms with van der Waals surface area (Å²) in [6.45, 7) is 5.13. The molecule has 1 atom stereocenters. The SMILES string of the molecule is C=CC(=O)N1CCCC(c2nncn2C2CC2)C1. The van der Waals surface area contributed by atoms with Crippen LogP contribution in [0, 0.1) is 0 Å². The van der Waals surface area contributed by atoms with E-state index in [1.807, 2.05) is 11.2 Å². The highest BCUT2D eigenvalue weighted by Crippen LogP contribution is 2.38. The number of likely N-dealkylation sites (tertiary alicyclic amines) is 1. The van der Waals surface area contributed by atoms with Gasteiger partial charge >= 0.3 is 0 Å². The average molecular weight is 246 g/mol. The van der Waals surface area contributed by atoms with Crippen LogP contribution in [0.2, 0.25) is 0 Å². The lowest BCUT2D eigenvalue weighted by atomic mass is 9.97. The van der Waals surface area contributed by atoms with Crippen LogP contribution in [0.5, 0.6) is 0 Å². The van der Waals surface area contributed by atoms with Gasteiger partial charge in [-0.25, -0.2) is 0 Å². The summed E-state index contributed by atoms with van der Waals surface area (Å²) >= 11 is 0. The van der Waals surface area contributed by atoms with Crippen LogP contribution >= 0.6 is 0 Å². The van der Waals surface area contributed by atoms with Gasteiger partial charge in [-0.2, -0.15) is 0 Å². The van der Waals surface area contributed by atoms with Gasteiger partial charge in [-0.15, -0.1) is 10.2 Å². The average Bonchev–Trinajstić information content (AvgIpc) is 3.15. The van der Waals surface area contributed by atoms with Crippen LogP contribution in [-0.4, -0.2) is 38.7 Å². The Kier molecular flexibility index (Phi) is 2.89. The van der Waals surface area contributed by atoms with Crippen molar-refractivity contribution in [3.63, 3.8) is 0 Å². The Labute approximate surface area is 106 Å². The summed E-state index contributed by atoms with van der Waals surface area (Å²) in [5, 5.41) is 8.31. The molecule has 1 aromatic rings. The predicted octanol–water partition coefficient (Wildman–Crippen LogP) is 1.50. The van der Waals surface area contributed by atoms with E-state index in [4.69, 9.17) is 0 Å². The molecular formula is C13H18N4O. The van der Waals surface area contributed by atoms with Crippen molar-refractivity contribution >= 4 is 5.91 Å². The first-order chi connectivity index (χ1) is 8.79. The van der Waals surface area contributed by atoms with E-state index in [1.165, 1.54) is 18.9 Å². The van der Waals surface area contributed by atoms with Crippen molar-refractivity contribution in [3.8, 4) is 0 Å². The molecule has 5 heteroatoms. The second-order valence-corrected chi connectivity index (χ2v) is 5.16. The first kappa shape index (κ1) is 11.4. The Morgan fingerprint density at radius 3 is 3.00 bits per heavy atom. The lowest BCUT2D eigenvalue weighted by molar-refractivity contribution is -0.127. The Morgan fingerprint density at radius 1 is 1.44 bits per heavy atom. The van der Waals surface area contributed by atoms with Gasteiger partial charge in [0.2, 0.25) is 5.91 Å². The lowest BCUT2D eigenvalue weighted by Gasteiger charge is -2.31. The molecule has 1 aromatic heterocycles. The minimum absolute atomic E-state index is 0.0252. The molecule has 0 bridgehead atoms. The largest absolute Gasteiger partial charge is 0.338 e. The number of carbonyl (C=O) groups is 1. The summed E-state index contributed by atoms with van der Waals surface area (Å²) in [4.78, 5) is 13.5. The molecular weight excluding hydrogens is 228 g/mol. The number of rotatable bonds is 3. The fourth-order valence-corrected chi connectivity index (χ4v) is 2.70. The second kappa shape index (κ2) is 4.55. The van der Waals surface area contributed by atoms with Crippen LogP contribution in [0.1, 0.15) is 43.5 Å². The second-order valence-electron chi connectivity index (χ2n) is 5.16. The molecule has 0 spiro atoms. The lowest BCUT2D eigenvalue weighted by Crippen LogP contribution is -2.38. The molecule has 1 unspecified atom stereocenters. The maximum absolute atomic E-state index is 11.7. The fourth-order valence-electron chi connectivity index (χ4n) is 2.70. The van der Waals surface area contributed by atoms with E-state index in [-0.39, 0.29) is 5.91 Å². The summed E-state index contributed by atoms with van der Waals surface area (Å²) in [5.74, 6) is 1.40. The van der Waals surface area contributed by atoms with Crippen molar-refractivity contribution in [3.05, 3.63) is 24.8 Å². The highest BCUT2D eigenvalue weighted by molar-refractivity contribution is 5.87. The number of aromatic nitrogens is 3. The molecule has 1 aliphatic carbocycles. The zero-order chi connectivity index (χ0) is 12.5. The summed E-state index contributed by atoms with van der Waals surface area (Å²) in [5.41, 5.74) is 0. The Morgan fingerprint density at radius 2 is 2.28 bits per heavy atom. The third-order valence-electron chi connectivity index (χ3n) is 3.81. The van der Waals surface area contributed by atoms with Crippen LogP contribution in [-0.2, 0) is 4.79 Å². The monoisotopic (exact) mass is 246 g/mol. The molecule has 18 heavy (non-hydrogen) atoms. The van der Waals surface area contributed by atoms with Gasteiger partial charge < -0.3 is 9.47 Å². The minimum atomic E-state index is 0.0252. The summed E-state index contributed by atoms with van der Waals surface area (Å²) in [7, 11) is 0. The fraction of sp³-hybridized carbons (Fsp3) is 0.615. The summed E-state index contributed by atoms with van der Waals surface area (Å²) in [6, 6.07) is 0.598. The van der Waals surface area contributed by atoms with Crippen LogP contribution in [0.25, 0.3) is 0 Å². The Bertz CT molecular complexity index is 463. The molecule has 0 radical (unpaired) electrons. The number of nitrogens with zero attached hydrogens (tertiary/aromatic N) is 4. The Balaban J connectivity index is 1.77. The zero-order valence-electron chi connectivity index (χ0n) is 10.5. The molecule has 96 valence electrons. The number of hydrogen-bond acceptors (Lipinski definition) is 3. The van der Waals surface area contributed by atoms with E-state index in [0.717, 1.165) is 31.8 Å². The molecule has 0 N–H and O–H groups in total. The van der Waals surface area contributed by atoms with Gasteiger partial charge in [0.1, 0.15) is 12.2 Å². The first-order valence-corrected chi connectivity index (χ1v) is 6.60. The molecule has 1 saturated carbocycles. The maximum atomic E-state index is 11.7. The Hall–Kier alpha value is -1.65. The van der Waals surface area contributed by atoms with Crippen molar-refractivity contribution in [1.29, 1.82) is 0 Å². The molecule has 1 amide bonds. The van der Waals surface area contributed by atoms with Crippen LogP contribution in [0.4, 0.5) is 0 Å². The van der Waals surface area contributed by atoms with Gasteiger partial charge in [0, 0.05) is 25.0 Å². The number of hydrogen-bond donors (Lipinski definition) is 0. The molecule has 0 aromatic carbocycles. The van der Waals surface area contributed by atoms with Gasteiger partial charge in [-0.3, -0.25) is 4.79 Å². The normalized spacial score (nSPS) is 24.0. The summed E-state index contributed by atoms with van der Waals surface area (Å²) < 4.78 is 2.20. The van der Waals surface area contributed by atoms with E-state index in [0.29, 0.717) is 12.0 Å². The quantitative estimate of drug-likeness (QED) is 0.759. The minimum Gasteiger partial charge on any atom is -0.338 e. The molecule has 1 aliphatic heterocycles. The third-order valence-corrected chi connectivity index (χ3v) is 3.81. The smallest absolute Gasteiger partial charge is 0.245 e.